The van der Waals surface area contributed by atoms with Gasteiger partial charge in [-0.2, -0.15) is 0 Å². The molecule has 0 N–H and O–H groups in total. The summed E-state index contributed by atoms with van der Waals surface area (Å²) in [6.07, 6.45) is 1.66. The lowest BCUT2D eigenvalue weighted by molar-refractivity contribution is -0.0819. The Morgan fingerprint density at radius 1 is 0.947 bits per heavy atom. The number of hydrogen-bond donors (Lipinski definition) is 0. The van der Waals surface area contributed by atoms with Gasteiger partial charge in [0, 0.05) is 13.0 Å². The van der Waals surface area contributed by atoms with Crippen LogP contribution in [0.5, 0.6) is 11.5 Å². The average molecular weight is 589 g/mol. The first-order valence-electron chi connectivity index (χ1n) is 13.8. The van der Waals surface area contributed by atoms with Gasteiger partial charge in [0.15, 0.2) is 38.0 Å². The highest BCUT2D eigenvalue weighted by atomic mass is 32.2. The van der Waals surface area contributed by atoms with Crippen LogP contribution < -0.4 is 9.47 Å². The van der Waals surface area contributed by atoms with Gasteiger partial charge in [0.25, 0.3) is 0 Å². The maximum Gasteiger partial charge on any atom is 0.195 e. The molecule has 0 radical (unpaired) electrons. The molecule has 220 valence electrons. The van der Waals surface area contributed by atoms with Gasteiger partial charge in [-0.15, -0.1) is 0 Å². The zero-order chi connectivity index (χ0) is 29.2. The molecule has 1 aliphatic heterocycles. The summed E-state index contributed by atoms with van der Waals surface area (Å²) in [5, 5.41) is 0.0712. The Morgan fingerprint density at radius 2 is 1.55 bits per heavy atom. The maximum absolute atomic E-state index is 13.7. The first-order valence-corrected chi connectivity index (χ1v) is 21.3. The smallest absolute Gasteiger partial charge is 0.195 e. The molecular weight excluding hydrogens is 537 g/mol. The van der Waals surface area contributed by atoms with Gasteiger partial charge in [0.1, 0.15) is 11.2 Å². The Bertz CT molecular complexity index is 1040. The van der Waals surface area contributed by atoms with Crippen LogP contribution in [0.15, 0.2) is 17.0 Å². The SMILES string of the molecule is CCCOc1c(OC)cc([C@@H]2CC[C@@H](O[Si](C)(C)C(C)(C)C)O2)cc1S(=O)(=O)CCO[Si](C)(C)C(C)(C)C. The number of hydrogen-bond acceptors (Lipinski definition) is 7. The molecule has 38 heavy (non-hydrogen) atoms. The quantitative estimate of drug-likeness (QED) is 0.234. The van der Waals surface area contributed by atoms with E-state index in [-0.39, 0.29) is 45.5 Å². The van der Waals surface area contributed by atoms with Gasteiger partial charge in [-0.05, 0) is 66.8 Å². The lowest BCUT2D eigenvalue weighted by Gasteiger charge is -2.38. The van der Waals surface area contributed by atoms with E-state index < -0.39 is 26.5 Å². The van der Waals surface area contributed by atoms with Crippen LogP contribution in [0.1, 0.15) is 79.4 Å². The Balaban J connectivity index is 2.36. The van der Waals surface area contributed by atoms with Gasteiger partial charge < -0.3 is 23.1 Å². The zero-order valence-electron chi connectivity index (χ0n) is 25.8. The van der Waals surface area contributed by atoms with Crippen molar-refractivity contribution in [1.29, 1.82) is 0 Å². The normalized spacial score (nSPS) is 19.6. The van der Waals surface area contributed by atoms with Gasteiger partial charge in [-0.3, -0.25) is 0 Å². The summed E-state index contributed by atoms with van der Waals surface area (Å²) in [7, 11) is -6.27. The van der Waals surface area contributed by atoms with Crippen LogP contribution in [0, 0.1) is 0 Å². The minimum Gasteiger partial charge on any atom is -0.493 e. The predicted octanol–water partition coefficient (Wildman–Crippen LogP) is 7.48. The second kappa shape index (κ2) is 12.3. The molecule has 1 aromatic rings. The molecule has 0 unspecified atom stereocenters. The Morgan fingerprint density at radius 3 is 2.08 bits per heavy atom. The summed E-state index contributed by atoms with van der Waals surface area (Å²) >= 11 is 0. The number of rotatable bonds is 12. The van der Waals surface area contributed by atoms with Crippen LogP contribution in [-0.4, -0.2) is 57.4 Å². The van der Waals surface area contributed by atoms with Crippen LogP contribution >= 0.6 is 0 Å². The summed E-state index contributed by atoms with van der Waals surface area (Å²) in [5.41, 5.74) is 0.760. The summed E-state index contributed by atoms with van der Waals surface area (Å²) in [5.74, 6) is 0.534. The third kappa shape index (κ3) is 8.07. The van der Waals surface area contributed by atoms with Crippen molar-refractivity contribution >= 4 is 26.5 Å². The van der Waals surface area contributed by atoms with Crippen molar-refractivity contribution in [3.05, 3.63) is 17.7 Å². The summed E-state index contributed by atoms with van der Waals surface area (Å²) < 4.78 is 58.0. The van der Waals surface area contributed by atoms with Crippen LogP contribution in [0.2, 0.25) is 36.3 Å². The first-order chi connectivity index (χ1) is 17.3. The van der Waals surface area contributed by atoms with E-state index in [1.54, 1.807) is 6.07 Å². The van der Waals surface area contributed by atoms with E-state index in [9.17, 15) is 8.42 Å². The van der Waals surface area contributed by atoms with Crippen LogP contribution in [-0.2, 0) is 23.4 Å². The number of methoxy groups -OCH3 is 1. The molecule has 0 aliphatic carbocycles. The molecule has 2 rings (SSSR count). The van der Waals surface area contributed by atoms with Gasteiger partial charge >= 0.3 is 0 Å². The fraction of sp³-hybridized carbons (Fsp3) is 0.786. The third-order valence-electron chi connectivity index (χ3n) is 8.25. The van der Waals surface area contributed by atoms with Crippen LogP contribution in [0.4, 0.5) is 0 Å². The maximum atomic E-state index is 13.7. The minimum absolute atomic E-state index is 0.00185. The molecule has 1 heterocycles. The molecule has 10 heteroatoms. The molecule has 0 aromatic heterocycles. The number of ether oxygens (including phenoxy) is 3. The van der Waals surface area contributed by atoms with E-state index >= 15 is 0 Å². The second-order valence-corrected chi connectivity index (χ2v) is 25.0. The topological polar surface area (TPSA) is 80.3 Å². The molecule has 1 aliphatic rings. The van der Waals surface area contributed by atoms with E-state index in [4.69, 9.17) is 23.1 Å². The molecule has 0 saturated carbocycles. The number of sulfone groups is 1. The standard InChI is InChI=1S/C28H52O7SSi2/c1-13-16-32-26-23(31-8)19-21(22-14-15-25(34-22)35-38(11,12)28(5,6)7)20-24(26)36(29,30)18-17-33-37(9,10)27(2,3)4/h19-20,22,25H,13-18H2,1-12H3/t22-,25+/m0/s1. The Labute approximate surface area is 234 Å². The van der Waals surface area contributed by atoms with Crippen molar-refractivity contribution in [2.45, 2.75) is 121 Å². The van der Waals surface area contributed by atoms with Gasteiger partial charge in [0.2, 0.25) is 0 Å². The molecule has 1 aromatic carbocycles. The number of benzene rings is 1. The van der Waals surface area contributed by atoms with Crippen molar-refractivity contribution in [3.8, 4) is 11.5 Å². The zero-order valence-corrected chi connectivity index (χ0v) is 28.6. The van der Waals surface area contributed by atoms with E-state index in [0.29, 0.717) is 12.4 Å². The fourth-order valence-corrected chi connectivity index (χ4v) is 7.35. The Hall–Kier alpha value is -0.916. The summed E-state index contributed by atoms with van der Waals surface area (Å²) in [6, 6.07) is 3.55. The summed E-state index contributed by atoms with van der Waals surface area (Å²) in [4.78, 5) is 0.136. The highest BCUT2D eigenvalue weighted by molar-refractivity contribution is 7.91. The molecule has 0 spiro atoms. The fourth-order valence-electron chi connectivity index (χ4n) is 3.69. The largest absolute Gasteiger partial charge is 0.493 e. The molecule has 1 fully saturated rings. The van der Waals surface area contributed by atoms with Crippen molar-refractivity contribution in [2.24, 2.45) is 0 Å². The molecule has 7 nitrogen and oxygen atoms in total. The molecule has 0 amide bonds. The van der Waals surface area contributed by atoms with Crippen molar-refractivity contribution in [2.75, 3.05) is 26.1 Å². The second-order valence-electron chi connectivity index (χ2n) is 13.3. The Kier molecular flexibility index (Phi) is 10.8. The molecule has 1 saturated heterocycles. The molecule has 0 bridgehead atoms. The van der Waals surface area contributed by atoms with Gasteiger partial charge in [-0.25, -0.2) is 8.42 Å². The monoisotopic (exact) mass is 588 g/mol. The van der Waals surface area contributed by atoms with E-state index in [2.05, 4.69) is 67.7 Å². The van der Waals surface area contributed by atoms with Crippen molar-refractivity contribution in [3.63, 3.8) is 0 Å². The lowest BCUT2D eigenvalue weighted by Crippen LogP contribution is -2.43. The van der Waals surface area contributed by atoms with Gasteiger partial charge in [-0.1, -0.05) is 48.5 Å². The van der Waals surface area contributed by atoms with Gasteiger partial charge in [0.05, 0.1) is 25.6 Å². The highest BCUT2D eigenvalue weighted by Gasteiger charge is 2.42. The highest BCUT2D eigenvalue weighted by Crippen LogP contribution is 2.44. The average Bonchev–Trinajstić information content (AvgIpc) is 3.23. The summed E-state index contributed by atoms with van der Waals surface area (Å²) in [6.45, 7) is 24.2. The minimum atomic E-state index is -3.72. The molecular formula is C28H52O7SSi2. The third-order valence-corrected chi connectivity index (χ3v) is 18.9. The predicted molar refractivity (Wildman–Crippen MR) is 159 cm³/mol. The molecule has 2 atom stereocenters. The van der Waals surface area contributed by atoms with E-state index in [1.807, 2.05) is 13.0 Å². The van der Waals surface area contributed by atoms with E-state index in [0.717, 1.165) is 24.8 Å². The van der Waals surface area contributed by atoms with Crippen LogP contribution in [0.25, 0.3) is 0 Å². The van der Waals surface area contributed by atoms with Crippen LogP contribution in [0.3, 0.4) is 0 Å². The van der Waals surface area contributed by atoms with Crippen molar-refractivity contribution in [1.82, 2.24) is 0 Å². The first kappa shape index (κ1) is 33.3. The van der Waals surface area contributed by atoms with Crippen molar-refractivity contribution < 1.29 is 31.5 Å². The van der Waals surface area contributed by atoms with E-state index in [1.165, 1.54) is 7.11 Å². The lowest BCUT2D eigenvalue weighted by atomic mass is 10.1.